The van der Waals surface area contributed by atoms with Gasteiger partial charge in [0.1, 0.15) is 0 Å². The van der Waals surface area contributed by atoms with Gasteiger partial charge in [-0.05, 0) is 31.9 Å². The van der Waals surface area contributed by atoms with E-state index in [9.17, 15) is 4.79 Å². The molecule has 3 rings (SSSR count). The van der Waals surface area contributed by atoms with Crippen LogP contribution in [-0.2, 0) is 9.53 Å². The summed E-state index contributed by atoms with van der Waals surface area (Å²) in [5.74, 6) is 0.252. The van der Waals surface area contributed by atoms with E-state index in [2.05, 4.69) is 15.2 Å². The molecule has 1 saturated heterocycles. The van der Waals surface area contributed by atoms with Crippen LogP contribution in [0.15, 0.2) is 30.5 Å². The number of carbonyl (C=O) groups excluding carboxylic acids is 1. The highest BCUT2D eigenvalue weighted by molar-refractivity contribution is 6.30. The normalized spacial score (nSPS) is 17.6. The summed E-state index contributed by atoms with van der Waals surface area (Å²) < 4.78 is 5.14. The number of benzene rings is 1. The predicted molar refractivity (Wildman–Crippen MR) is 91.8 cm³/mol. The van der Waals surface area contributed by atoms with Crippen LogP contribution in [0.3, 0.4) is 0 Å². The van der Waals surface area contributed by atoms with Crippen molar-refractivity contribution in [2.75, 3.05) is 24.6 Å². The molecule has 0 spiro atoms. The van der Waals surface area contributed by atoms with E-state index >= 15 is 0 Å². The van der Waals surface area contributed by atoms with Crippen molar-refractivity contribution in [2.45, 2.75) is 19.8 Å². The van der Waals surface area contributed by atoms with Gasteiger partial charge in [0, 0.05) is 23.7 Å². The van der Waals surface area contributed by atoms with Gasteiger partial charge in [-0.1, -0.05) is 23.7 Å². The van der Waals surface area contributed by atoms with E-state index < -0.39 is 0 Å². The molecule has 1 atom stereocenters. The van der Waals surface area contributed by atoms with Gasteiger partial charge in [0.2, 0.25) is 5.95 Å². The third-order valence-corrected chi connectivity index (χ3v) is 4.26. The molecule has 0 radical (unpaired) electrons. The quantitative estimate of drug-likeness (QED) is 0.793. The Kier molecular flexibility index (Phi) is 5.25. The lowest BCUT2D eigenvalue weighted by atomic mass is 9.98. The molecule has 1 aromatic carbocycles. The Morgan fingerprint density at radius 2 is 2.17 bits per heavy atom. The van der Waals surface area contributed by atoms with E-state index in [-0.39, 0.29) is 11.9 Å². The Bertz CT molecular complexity index is 708. The lowest BCUT2D eigenvalue weighted by molar-refractivity contribution is -0.148. The highest BCUT2D eigenvalue weighted by atomic mass is 35.5. The molecule has 2 aromatic rings. The molecule has 7 heteroatoms. The fourth-order valence-corrected chi connectivity index (χ4v) is 2.93. The van der Waals surface area contributed by atoms with Crippen LogP contribution in [-0.4, -0.2) is 40.8 Å². The topological polar surface area (TPSA) is 68.2 Å². The molecule has 1 fully saturated rings. The average Bonchev–Trinajstić information content (AvgIpc) is 2.63. The van der Waals surface area contributed by atoms with Crippen molar-refractivity contribution in [3.8, 4) is 11.3 Å². The molecule has 24 heavy (non-hydrogen) atoms. The lowest BCUT2D eigenvalue weighted by Crippen LogP contribution is -2.40. The van der Waals surface area contributed by atoms with Crippen molar-refractivity contribution in [1.29, 1.82) is 0 Å². The van der Waals surface area contributed by atoms with Crippen LogP contribution in [0.25, 0.3) is 11.3 Å². The fraction of sp³-hybridized carbons (Fsp3) is 0.412. The minimum atomic E-state index is -0.149. The van der Waals surface area contributed by atoms with Crippen LogP contribution in [0.4, 0.5) is 5.95 Å². The van der Waals surface area contributed by atoms with E-state index in [0.717, 1.165) is 30.6 Å². The van der Waals surface area contributed by atoms with Gasteiger partial charge in [-0.15, -0.1) is 5.10 Å². The first-order valence-electron chi connectivity index (χ1n) is 8.04. The number of rotatable bonds is 4. The van der Waals surface area contributed by atoms with Gasteiger partial charge in [0.25, 0.3) is 0 Å². The van der Waals surface area contributed by atoms with Crippen molar-refractivity contribution >= 4 is 23.5 Å². The number of anilines is 1. The molecule has 1 aromatic heterocycles. The summed E-state index contributed by atoms with van der Waals surface area (Å²) in [5.41, 5.74) is 1.66. The van der Waals surface area contributed by atoms with Crippen LogP contribution >= 0.6 is 11.6 Å². The maximum absolute atomic E-state index is 12.0. The van der Waals surface area contributed by atoms with Crippen molar-refractivity contribution < 1.29 is 9.53 Å². The first-order valence-corrected chi connectivity index (χ1v) is 8.42. The highest BCUT2D eigenvalue weighted by Crippen LogP contribution is 2.24. The zero-order chi connectivity index (χ0) is 16.9. The molecule has 0 unspecified atom stereocenters. The Morgan fingerprint density at radius 1 is 1.38 bits per heavy atom. The SMILES string of the molecule is CCOC(=O)[C@H]1CCCN(c2nncc(-c3ccc(Cl)cc3)n2)C1. The number of hydrogen-bond donors (Lipinski definition) is 0. The maximum Gasteiger partial charge on any atom is 0.310 e. The molecule has 126 valence electrons. The highest BCUT2D eigenvalue weighted by Gasteiger charge is 2.28. The number of piperidine rings is 1. The number of esters is 1. The van der Waals surface area contributed by atoms with Gasteiger partial charge in [0.15, 0.2) is 0 Å². The van der Waals surface area contributed by atoms with Crippen LogP contribution in [0.2, 0.25) is 5.02 Å². The zero-order valence-corrected chi connectivity index (χ0v) is 14.2. The summed E-state index contributed by atoms with van der Waals surface area (Å²) in [7, 11) is 0. The van der Waals surface area contributed by atoms with Gasteiger partial charge in [-0.25, -0.2) is 4.98 Å². The third kappa shape index (κ3) is 3.82. The second kappa shape index (κ2) is 7.57. The first-order chi connectivity index (χ1) is 11.7. The third-order valence-electron chi connectivity index (χ3n) is 4.01. The van der Waals surface area contributed by atoms with E-state index in [1.54, 1.807) is 6.20 Å². The number of halogens is 1. The number of hydrogen-bond acceptors (Lipinski definition) is 6. The molecule has 1 aliphatic heterocycles. The van der Waals surface area contributed by atoms with E-state index in [4.69, 9.17) is 16.3 Å². The predicted octanol–water partition coefficient (Wildman–Crippen LogP) is 2.97. The number of aromatic nitrogens is 3. The molecule has 2 heterocycles. The van der Waals surface area contributed by atoms with Crippen LogP contribution in [0.5, 0.6) is 0 Å². The van der Waals surface area contributed by atoms with Crippen molar-refractivity contribution in [2.24, 2.45) is 5.92 Å². The summed E-state index contributed by atoms with van der Waals surface area (Å²) in [5, 5.41) is 8.87. The largest absolute Gasteiger partial charge is 0.466 e. The monoisotopic (exact) mass is 346 g/mol. The second-order valence-corrected chi connectivity index (χ2v) is 6.12. The summed E-state index contributed by atoms with van der Waals surface area (Å²) >= 11 is 5.92. The maximum atomic E-state index is 12.0. The second-order valence-electron chi connectivity index (χ2n) is 5.69. The van der Waals surface area contributed by atoms with Gasteiger partial charge >= 0.3 is 5.97 Å². The van der Waals surface area contributed by atoms with Gasteiger partial charge in [-0.2, -0.15) is 5.10 Å². The van der Waals surface area contributed by atoms with Crippen molar-refractivity contribution in [3.63, 3.8) is 0 Å². The summed E-state index contributed by atoms with van der Waals surface area (Å²) in [6.45, 7) is 3.59. The zero-order valence-electron chi connectivity index (χ0n) is 13.5. The Labute approximate surface area is 145 Å². The molecular weight excluding hydrogens is 328 g/mol. The summed E-state index contributed by atoms with van der Waals surface area (Å²) in [4.78, 5) is 18.6. The van der Waals surface area contributed by atoms with Gasteiger partial charge in [-0.3, -0.25) is 4.79 Å². The Hall–Kier alpha value is -2.21. The van der Waals surface area contributed by atoms with Crippen LogP contribution < -0.4 is 4.90 Å². The van der Waals surface area contributed by atoms with E-state index in [1.807, 2.05) is 36.1 Å². The molecule has 0 amide bonds. The van der Waals surface area contributed by atoms with Crippen molar-refractivity contribution in [3.05, 3.63) is 35.5 Å². The van der Waals surface area contributed by atoms with E-state index in [1.165, 1.54) is 0 Å². The lowest BCUT2D eigenvalue weighted by Gasteiger charge is -2.31. The minimum absolute atomic E-state index is 0.138. The number of ether oxygens (including phenoxy) is 1. The van der Waals surface area contributed by atoms with Crippen LogP contribution in [0.1, 0.15) is 19.8 Å². The summed E-state index contributed by atoms with van der Waals surface area (Å²) in [6.07, 6.45) is 3.36. The number of nitrogens with zero attached hydrogens (tertiary/aromatic N) is 4. The smallest absolute Gasteiger partial charge is 0.310 e. The average molecular weight is 347 g/mol. The Balaban J connectivity index is 1.78. The number of carbonyl (C=O) groups is 1. The molecular formula is C17H19ClN4O2. The fourth-order valence-electron chi connectivity index (χ4n) is 2.80. The summed E-state index contributed by atoms with van der Waals surface area (Å²) in [6, 6.07) is 7.42. The van der Waals surface area contributed by atoms with Crippen LogP contribution in [0, 0.1) is 5.92 Å². The first kappa shape index (κ1) is 16.6. The standard InChI is InChI=1S/C17H19ClN4O2/c1-2-24-16(23)13-4-3-9-22(11-13)17-20-15(10-19-21-17)12-5-7-14(18)8-6-12/h5-8,10,13H,2-4,9,11H2,1H3/t13-/m0/s1. The molecule has 1 aliphatic rings. The molecule has 0 N–H and O–H groups in total. The molecule has 0 bridgehead atoms. The minimum Gasteiger partial charge on any atom is -0.466 e. The molecule has 0 saturated carbocycles. The van der Waals surface area contributed by atoms with Gasteiger partial charge in [0.05, 0.1) is 24.4 Å². The van der Waals surface area contributed by atoms with E-state index in [0.29, 0.717) is 24.1 Å². The Morgan fingerprint density at radius 3 is 2.92 bits per heavy atom. The van der Waals surface area contributed by atoms with Gasteiger partial charge < -0.3 is 9.64 Å². The molecule has 6 nitrogen and oxygen atoms in total. The molecule has 0 aliphatic carbocycles. The van der Waals surface area contributed by atoms with Crippen molar-refractivity contribution in [1.82, 2.24) is 15.2 Å².